The van der Waals surface area contributed by atoms with Crippen molar-refractivity contribution in [2.24, 2.45) is 5.10 Å². The van der Waals surface area contributed by atoms with Gasteiger partial charge in [0, 0.05) is 15.5 Å². The van der Waals surface area contributed by atoms with Gasteiger partial charge in [-0.25, -0.2) is 5.10 Å². The topological polar surface area (TPSA) is 46.0 Å². The van der Waals surface area contributed by atoms with E-state index in [1.54, 1.807) is 36.2 Å². The molecule has 2 aromatic carbocycles. The lowest BCUT2D eigenvalue weighted by atomic mass is 10.2. The van der Waals surface area contributed by atoms with Crippen molar-refractivity contribution in [1.29, 1.82) is 0 Å². The maximum Gasteiger partial charge on any atom is 0.216 e. The number of nitrogens with zero attached hydrogens (tertiary/aromatic N) is 3. The van der Waals surface area contributed by atoms with Crippen LogP contribution in [-0.2, 0) is 0 Å². The third-order valence-electron chi connectivity index (χ3n) is 3.26. The number of thioether (sulfide) groups is 1. The Kier molecular flexibility index (Phi) is 5.40. The van der Waals surface area contributed by atoms with E-state index in [0.29, 0.717) is 26.2 Å². The summed E-state index contributed by atoms with van der Waals surface area (Å²) in [4.78, 5) is 1.20. The Bertz CT molecular complexity index is 945. The highest BCUT2D eigenvalue weighted by Crippen LogP contribution is 2.29. The van der Waals surface area contributed by atoms with Gasteiger partial charge in [-0.05, 0) is 54.4 Å². The van der Waals surface area contributed by atoms with Crippen LogP contribution in [0.25, 0.3) is 11.4 Å². The highest BCUT2D eigenvalue weighted by atomic mass is 35.5. The van der Waals surface area contributed by atoms with Crippen LogP contribution in [-0.4, -0.2) is 27.3 Å². The number of rotatable bonds is 4. The number of aromatic amines is 1. The molecule has 0 unspecified atom stereocenters. The van der Waals surface area contributed by atoms with Crippen LogP contribution in [0.3, 0.4) is 0 Å². The van der Waals surface area contributed by atoms with Crippen molar-refractivity contribution in [3.63, 3.8) is 0 Å². The Morgan fingerprint density at radius 3 is 2.62 bits per heavy atom. The third-order valence-corrected chi connectivity index (χ3v) is 4.82. The molecule has 122 valence electrons. The first-order chi connectivity index (χ1) is 11.6. The molecule has 0 bridgehead atoms. The standard InChI is InChI=1S/C16H12Cl2N4S2/c1-24-12-5-2-10(3-6-12)9-19-22-15(20-21-16(22)23)13-7-4-11(17)8-14(13)18/h2-9H,1H3,(H,21,23)/b19-9+. The van der Waals surface area contributed by atoms with E-state index in [0.717, 1.165) is 5.56 Å². The average molecular weight is 395 g/mol. The number of hydrogen-bond donors (Lipinski definition) is 1. The van der Waals surface area contributed by atoms with Gasteiger partial charge in [0.15, 0.2) is 5.82 Å². The zero-order valence-electron chi connectivity index (χ0n) is 12.5. The Morgan fingerprint density at radius 1 is 1.21 bits per heavy atom. The highest BCUT2D eigenvalue weighted by molar-refractivity contribution is 7.98. The molecule has 0 saturated carbocycles. The van der Waals surface area contributed by atoms with Gasteiger partial charge in [-0.1, -0.05) is 35.3 Å². The summed E-state index contributed by atoms with van der Waals surface area (Å²) in [5, 5.41) is 12.4. The van der Waals surface area contributed by atoms with E-state index in [9.17, 15) is 0 Å². The Labute approximate surface area is 158 Å². The number of benzene rings is 2. The van der Waals surface area contributed by atoms with Gasteiger partial charge in [-0.3, -0.25) is 0 Å². The van der Waals surface area contributed by atoms with Crippen LogP contribution in [0.1, 0.15) is 5.56 Å². The maximum atomic E-state index is 6.26. The van der Waals surface area contributed by atoms with Crippen molar-refractivity contribution in [3.05, 3.63) is 62.8 Å². The van der Waals surface area contributed by atoms with Crippen LogP contribution in [0.15, 0.2) is 52.5 Å². The Hall–Kier alpha value is -1.60. The molecule has 3 aromatic rings. The van der Waals surface area contributed by atoms with Crippen LogP contribution >= 0.6 is 47.2 Å². The molecule has 1 heterocycles. The summed E-state index contributed by atoms with van der Waals surface area (Å²) in [7, 11) is 0. The van der Waals surface area contributed by atoms with Gasteiger partial charge >= 0.3 is 0 Å². The molecule has 0 aliphatic carbocycles. The fourth-order valence-corrected chi connectivity index (χ4v) is 3.14. The van der Waals surface area contributed by atoms with E-state index in [-0.39, 0.29) is 0 Å². The van der Waals surface area contributed by atoms with Crippen molar-refractivity contribution in [3.8, 4) is 11.4 Å². The van der Waals surface area contributed by atoms with Gasteiger partial charge in [-0.15, -0.1) is 11.8 Å². The molecule has 1 N–H and O–H groups in total. The first-order valence-electron chi connectivity index (χ1n) is 6.90. The molecule has 0 saturated heterocycles. The molecule has 0 atom stereocenters. The molecule has 0 fully saturated rings. The summed E-state index contributed by atoms with van der Waals surface area (Å²) < 4.78 is 1.92. The molecule has 0 spiro atoms. The summed E-state index contributed by atoms with van der Waals surface area (Å²) in [6.45, 7) is 0. The fraction of sp³-hybridized carbons (Fsp3) is 0.0625. The van der Waals surface area contributed by atoms with Crippen LogP contribution < -0.4 is 0 Å². The van der Waals surface area contributed by atoms with E-state index >= 15 is 0 Å². The van der Waals surface area contributed by atoms with Crippen molar-refractivity contribution in [2.45, 2.75) is 4.90 Å². The summed E-state index contributed by atoms with van der Waals surface area (Å²) in [6.07, 6.45) is 3.76. The number of hydrogen-bond acceptors (Lipinski definition) is 4. The second-order valence-corrected chi connectivity index (χ2v) is 6.92. The van der Waals surface area contributed by atoms with Gasteiger partial charge in [0.1, 0.15) is 0 Å². The number of H-pyrrole nitrogens is 1. The SMILES string of the molecule is CSc1ccc(/C=N/n2c(-c3ccc(Cl)cc3Cl)n[nH]c2=S)cc1. The van der Waals surface area contributed by atoms with Crippen molar-refractivity contribution < 1.29 is 0 Å². The third kappa shape index (κ3) is 3.72. The van der Waals surface area contributed by atoms with E-state index < -0.39 is 0 Å². The van der Waals surface area contributed by atoms with Gasteiger partial charge in [0.05, 0.1) is 11.2 Å². The monoisotopic (exact) mass is 394 g/mol. The first-order valence-corrected chi connectivity index (χ1v) is 9.28. The molecule has 1 aromatic heterocycles. The molecule has 8 heteroatoms. The first kappa shape index (κ1) is 17.2. The maximum absolute atomic E-state index is 6.26. The number of nitrogens with one attached hydrogen (secondary N) is 1. The number of halogens is 2. The minimum atomic E-state index is 0.382. The summed E-state index contributed by atoms with van der Waals surface area (Å²) >= 11 is 19.1. The lowest BCUT2D eigenvalue weighted by Gasteiger charge is -2.04. The van der Waals surface area contributed by atoms with Crippen LogP contribution in [0, 0.1) is 4.77 Å². The molecule has 4 nitrogen and oxygen atoms in total. The lowest BCUT2D eigenvalue weighted by Crippen LogP contribution is -1.95. The molecule has 0 radical (unpaired) electrons. The summed E-state index contributed by atoms with van der Waals surface area (Å²) in [6, 6.07) is 13.3. The van der Waals surface area contributed by atoms with Crippen LogP contribution in [0.2, 0.25) is 10.0 Å². The molecule has 0 amide bonds. The van der Waals surface area contributed by atoms with Crippen molar-refractivity contribution in [1.82, 2.24) is 14.9 Å². The Balaban J connectivity index is 1.98. The minimum Gasteiger partial charge on any atom is -0.250 e. The Morgan fingerprint density at radius 2 is 1.96 bits per heavy atom. The molecular formula is C16H12Cl2N4S2. The zero-order valence-corrected chi connectivity index (χ0v) is 15.7. The average Bonchev–Trinajstić information content (AvgIpc) is 2.94. The summed E-state index contributed by atoms with van der Waals surface area (Å²) in [5.74, 6) is 0.527. The largest absolute Gasteiger partial charge is 0.250 e. The fourth-order valence-electron chi connectivity index (χ4n) is 2.06. The van der Waals surface area contributed by atoms with E-state index in [4.69, 9.17) is 35.4 Å². The second kappa shape index (κ2) is 7.53. The van der Waals surface area contributed by atoms with E-state index in [2.05, 4.69) is 15.3 Å². The molecule has 3 rings (SSSR count). The highest BCUT2D eigenvalue weighted by Gasteiger charge is 2.12. The van der Waals surface area contributed by atoms with Crippen molar-refractivity contribution in [2.75, 3.05) is 6.26 Å². The molecule has 24 heavy (non-hydrogen) atoms. The number of aromatic nitrogens is 3. The summed E-state index contributed by atoms with van der Waals surface area (Å²) in [5.41, 5.74) is 1.66. The van der Waals surface area contributed by atoms with Gasteiger partial charge in [-0.2, -0.15) is 14.9 Å². The zero-order chi connectivity index (χ0) is 17.1. The quantitative estimate of drug-likeness (QED) is 0.360. The van der Waals surface area contributed by atoms with Crippen molar-refractivity contribution >= 4 is 53.4 Å². The van der Waals surface area contributed by atoms with Crippen LogP contribution in [0.5, 0.6) is 0 Å². The molecule has 0 aliphatic heterocycles. The van der Waals surface area contributed by atoms with Gasteiger partial charge in [0.25, 0.3) is 0 Å². The predicted octanol–water partition coefficient (Wildman–Crippen LogP) is 5.52. The molecular weight excluding hydrogens is 383 g/mol. The smallest absolute Gasteiger partial charge is 0.216 e. The molecule has 0 aliphatic rings. The van der Waals surface area contributed by atoms with Gasteiger partial charge < -0.3 is 0 Å². The normalized spacial score (nSPS) is 11.3. The minimum absolute atomic E-state index is 0.382. The second-order valence-electron chi connectivity index (χ2n) is 4.81. The van der Waals surface area contributed by atoms with Crippen LogP contribution in [0.4, 0.5) is 0 Å². The lowest BCUT2D eigenvalue weighted by molar-refractivity contribution is 0.871. The van der Waals surface area contributed by atoms with E-state index in [1.807, 2.05) is 30.5 Å². The van der Waals surface area contributed by atoms with Gasteiger partial charge in [0.2, 0.25) is 4.77 Å². The van der Waals surface area contributed by atoms with E-state index in [1.165, 1.54) is 9.57 Å². The predicted molar refractivity (Wildman–Crippen MR) is 104 cm³/mol.